The third-order valence-corrected chi connectivity index (χ3v) is 5.90. The molecule has 0 spiro atoms. The fourth-order valence-electron chi connectivity index (χ4n) is 3.84. The number of piperidine rings is 1. The van der Waals surface area contributed by atoms with Crippen molar-refractivity contribution in [1.82, 2.24) is 15.2 Å². The van der Waals surface area contributed by atoms with Gasteiger partial charge in [0.25, 0.3) is 0 Å². The number of pyridine rings is 1. The van der Waals surface area contributed by atoms with Gasteiger partial charge in [0.1, 0.15) is 5.69 Å². The molecule has 1 aromatic carbocycles. The van der Waals surface area contributed by atoms with Gasteiger partial charge in [-0.1, -0.05) is 38.1 Å². The van der Waals surface area contributed by atoms with Crippen molar-refractivity contribution in [1.29, 1.82) is 0 Å². The first-order valence-corrected chi connectivity index (χ1v) is 11.3. The lowest BCUT2D eigenvalue weighted by Gasteiger charge is -2.28. The summed E-state index contributed by atoms with van der Waals surface area (Å²) in [6.45, 7) is 5.34. The van der Waals surface area contributed by atoms with E-state index in [0.717, 1.165) is 30.5 Å². The van der Waals surface area contributed by atoms with Crippen LogP contribution >= 0.6 is 0 Å². The van der Waals surface area contributed by atoms with Crippen LogP contribution in [0.25, 0.3) is 11.1 Å². The first-order chi connectivity index (χ1) is 15.4. The summed E-state index contributed by atoms with van der Waals surface area (Å²) in [4.78, 5) is 42.9. The monoisotopic (exact) mass is 436 g/mol. The van der Waals surface area contributed by atoms with E-state index in [-0.39, 0.29) is 35.8 Å². The van der Waals surface area contributed by atoms with Crippen LogP contribution in [0.1, 0.15) is 49.2 Å². The molecule has 2 N–H and O–H groups in total. The average Bonchev–Trinajstić information content (AvgIpc) is 2.81. The highest BCUT2D eigenvalue weighted by Gasteiger charge is 2.23. The molecule has 2 amide bonds. The Balaban J connectivity index is 1.68. The van der Waals surface area contributed by atoms with Gasteiger partial charge in [0, 0.05) is 38.2 Å². The van der Waals surface area contributed by atoms with Gasteiger partial charge in [-0.3, -0.25) is 19.4 Å². The van der Waals surface area contributed by atoms with Crippen LogP contribution in [-0.2, 0) is 16.0 Å². The Hall–Kier alpha value is -3.06. The van der Waals surface area contributed by atoms with Gasteiger partial charge in [0.05, 0.1) is 12.2 Å². The molecule has 170 valence electrons. The first kappa shape index (κ1) is 23.6. The number of aromatic nitrogens is 1. The quantitative estimate of drug-likeness (QED) is 0.589. The van der Waals surface area contributed by atoms with E-state index < -0.39 is 0 Å². The number of carbonyl (C=O) groups is 3. The summed E-state index contributed by atoms with van der Waals surface area (Å²) in [5.74, 6) is 0.0208. The van der Waals surface area contributed by atoms with Crippen LogP contribution in [0, 0.1) is 5.92 Å². The SMILES string of the molecule is CCC(=O)c1ncc(-c2cccc(CC)c2)cc1NC(=O)CNCC1CCN(C)C(=O)C1. The number of amides is 2. The molecule has 3 rings (SSSR count). The largest absolute Gasteiger partial charge is 0.346 e. The lowest BCUT2D eigenvalue weighted by molar-refractivity contribution is -0.133. The van der Waals surface area contributed by atoms with E-state index in [1.165, 1.54) is 5.56 Å². The van der Waals surface area contributed by atoms with Crippen molar-refractivity contribution in [2.45, 2.75) is 39.5 Å². The molecular weight excluding hydrogens is 404 g/mol. The molecule has 7 heteroatoms. The number of carbonyl (C=O) groups excluding carboxylic acids is 3. The number of hydrogen-bond acceptors (Lipinski definition) is 5. The summed E-state index contributed by atoms with van der Waals surface area (Å²) in [5, 5.41) is 6.00. The van der Waals surface area contributed by atoms with Crippen molar-refractivity contribution >= 4 is 23.3 Å². The third kappa shape index (κ3) is 6.01. The van der Waals surface area contributed by atoms with Crippen LogP contribution in [0.5, 0.6) is 0 Å². The van der Waals surface area contributed by atoms with Gasteiger partial charge in [-0.2, -0.15) is 0 Å². The average molecular weight is 437 g/mol. The zero-order valence-corrected chi connectivity index (χ0v) is 19.1. The molecule has 2 heterocycles. The van der Waals surface area contributed by atoms with Crippen LogP contribution in [0.4, 0.5) is 5.69 Å². The summed E-state index contributed by atoms with van der Waals surface area (Å²) in [6, 6.07) is 9.97. The van der Waals surface area contributed by atoms with Gasteiger partial charge in [0.2, 0.25) is 11.8 Å². The number of nitrogens with one attached hydrogen (secondary N) is 2. The van der Waals surface area contributed by atoms with Gasteiger partial charge in [-0.25, -0.2) is 0 Å². The minimum Gasteiger partial charge on any atom is -0.346 e. The van der Waals surface area contributed by atoms with Crippen molar-refractivity contribution in [3.8, 4) is 11.1 Å². The smallest absolute Gasteiger partial charge is 0.238 e. The zero-order valence-electron chi connectivity index (χ0n) is 19.1. The standard InChI is InChI=1S/C25H32N4O3/c1-4-17-7-6-8-19(11-17)20-13-21(25(27-15-20)22(30)5-2)28-23(31)16-26-14-18-9-10-29(3)24(32)12-18/h6-8,11,13,15,18,26H,4-5,9-10,12,14,16H2,1-3H3,(H,28,31). The molecule has 1 atom stereocenters. The maximum absolute atomic E-state index is 12.6. The van der Waals surface area contributed by atoms with Gasteiger partial charge >= 0.3 is 0 Å². The minimum atomic E-state index is -0.240. The van der Waals surface area contributed by atoms with Crippen molar-refractivity contribution in [3.63, 3.8) is 0 Å². The summed E-state index contributed by atoms with van der Waals surface area (Å²) in [7, 11) is 1.81. The van der Waals surface area contributed by atoms with E-state index in [0.29, 0.717) is 25.1 Å². The van der Waals surface area contributed by atoms with Crippen molar-refractivity contribution < 1.29 is 14.4 Å². The van der Waals surface area contributed by atoms with Gasteiger partial charge in [0.15, 0.2) is 5.78 Å². The van der Waals surface area contributed by atoms with E-state index in [4.69, 9.17) is 0 Å². The Morgan fingerprint density at radius 3 is 2.72 bits per heavy atom. The second kappa shape index (κ2) is 11.0. The highest BCUT2D eigenvalue weighted by Crippen LogP contribution is 2.26. The van der Waals surface area contributed by atoms with E-state index in [2.05, 4.69) is 34.7 Å². The predicted molar refractivity (Wildman–Crippen MR) is 126 cm³/mol. The summed E-state index contributed by atoms with van der Waals surface area (Å²) >= 11 is 0. The highest BCUT2D eigenvalue weighted by atomic mass is 16.2. The Labute approximate surface area is 189 Å². The summed E-state index contributed by atoms with van der Waals surface area (Å²) < 4.78 is 0. The number of benzene rings is 1. The van der Waals surface area contributed by atoms with Gasteiger partial charge in [-0.15, -0.1) is 0 Å². The van der Waals surface area contributed by atoms with Gasteiger partial charge in [-0.05, 0) is 42.5 Å². The molecular formula is C25H32N4O3. The normalized spacial score (nSPS) is 16.2. The van der Waals surface area contributed by atoms with Gasteiger partial charge < -0.3 is 15.5 Å². The molecule has 1 aliphatic rings. The lowest BCUT2D eigenvalue weighted by atomic mass is 9.96. The molecule has 0 radical (unpaired) electrons. The van der Waals surface area contributed by atoms with Crippen LogP contribution in [-0.4, -0.2) is 54.2 Å². The number of aryl methyl sites for hydroxylation is 1. The molecule has 7 nitrogen and oxygen atoms in total. The predicted octanol–water partition coefficient (Wildman–Crippen LogP) is 3.30. The number of ketones is 1. The second-order valence-electron chi connectivity index (χ2n) is 8.30. The second-order valence-corrected chi connectivity index (χ2v) is 8.30. The number of hydrogen-bond donors (Lipinski definition) is 2. The molecule has 1 unspecified atom stereocenters. The maximum atomic E-state index is 12.6. The Bertz CT molecular complexity index is 989. The molecule has 0 saturated carbocycles. The van der Waals surface area contributed by atoms with Crippen LogP contribution in [0.15, 0.2) is 36.5 Å². The Kier molecular flexibility index (Phi) is 8.11. The molecule has 32 heavy (non-hydrogen) atoms. The number of rotatable bonds is 9. The van der Waals surface area contributed by atoms with Crippen molar-refractivity contribution in [3.05, 3.63) is 47.8 Å². The van der Waals surface area contributed by atoms with Crippen molar-refractivity contribution in [2.24, 2.45) is 5.92 Å². The Morgan fingerprint density at radius 1 is 1.19 bits per heavy atom. The number of likely N-dealkylation sites (tertiary alicyclic amines) is 1. The Morgan fingerprint density at radius 2 is 2.00 bits per heavy atom. The summed E-state index contributed by atoms with van der Waals surface area (Å²) in [5.41, 5.74) is 3.75. The maximum Gasteiger partial charge on any atom is 0.238 e. The zero-order chi connectivity index (χ0) is 23.1. The number of anilines is 1. The molecule has 0 bridgehead atoms. The molecule has 1 fully saturated rings. The topological polar surface area (TPSA) is 91.4 Å². The van der Waals surface area contributed by atoms with Crippen LogP contribution in [0.2, 0.25) is 0 Å². The van der Waals surface area contributed by atoms with E-state index in [9.17, 15) is 14.4 Å². The fourth-order valence-corrected chi connectivity index (χ4v) is 3.84. The van der Waals surface area contributed by atoms with E-state index in [1.807, 2.05) is 25.2 Å². The first-order valence-electron chi connectivity index (χ1n) is 11.3. The highest BCUT2D eigenvalue weighted by molar-refractivity contribution is 6.04. The number of Topliss-reactive ketones (excluding diaryl/α,β-unsaturated/α-hetero) is 1. The van der Waals surface area contributed by atoms with E-state index in [1.54, 1.807) is 18.0 Å². The van der Waals surface area contributed by atoms with Crippen LogP contribution < -0.4 is 10.6 Å². The fraction of sp³-hybridized carbons (Fsp3) is 0.440. The molecule has 1 saturated heterocycles. The molecule has 2 aromatic rings. The molecule has 0 aliphatic carbocycles. The summed E-state index contributed by atoms with van der Waals surface area (Å²) in [6.07, 6.45) is 4.34. The molecule has 1 aromatic heterocycles. The van der Waals surface area contributed by atoms with E-state index >= 15 is 0 Å². The van der Waals surface area contributed by atoms with Crippen LogP contribution in [0.3, 0.4) is 0 Å². The minimum absolute atomic E-state index is 0.107. The third-order valence-electron chi connectivity index (χ3n) is 5.90. The van der Waals surface area contributed by atoms with Crippen molar-refractivity contribution in [2.75, 3.05) is 32.0 Å². The number of nitrogens with zero attached hydrogens (tertiary/aromatic N) is 2. The lowest BCUT2D eigenvalue weighted by Crippen LogP contribution is -2.40. The molecule has 1 aliphatic heterocycles.